The van der Waals surface area contributed by atoms with E-state index in [-0.39, 0.29) is 0 Å². The highest BCUT2D eigenvalue weighted by molar-refractivity contribution is 8.18. The third-order valence-electron chi connectivity index (χ3n) is 1.23. The van der Waals surface area contributed by atoms with Gasteiger partial charge in [-0.25, -0.2) is 0 Å². The van der Waals surface area contributed by atoms with Crippen molar-refractivity contribution in [1.82, 2.24) is 0 Å². The summed E-state index contributed by atoms with van der Waals surface area (Å²) in [5.41, 5.74) is 0. The zero-order valence-electron chi connectivity index (χ0n) is 6.27. The Morgan fingerprint density at radius 3 is 2.33 bits per heavy atom. The minimum Gasteiger partial charge on any atom is -0.287 e. The van der Waals surface area contributed by atoms with Crippen LogP contribution in [0, 0.1) is 0 Å². The van der Waals surface area contributed by atoms with Gasteiger partial charge in [0.05, 0.1) is 0 Å². The van der Waals surface area contributed by atoms with E-state index in [2.05, 4.69) is 24.6 Å². The van der Waals surface area contributed by atoms with E-state index < -0.39 is 8.07 Å². The molecule has 0 aromatic heterocycles. The Balaban J connectivity index is 2.61. The zero-order valence-corrected chi connectivity index (χ0v) is 8.09. The van der Waals surface area contributed by atoms with Crippen LogP contribution in [0.5, 0.6) is 0 Å². The first-order valence-electron chi connectivity index (χ1n) is 3.28. The molecule has 1 rings (SSSR count). The normalized spacial score (nSPS) is 20.1. The van der Waals surface area contributed by atoms with E-state index in [4.69, 9.17) is 0 Å². The van der Waals surface area contributed by atoms with E-state index in [0.29, 0.717) is 0 Å². The maximum absolute atomic E-state index is 4.45. The van der Waals surface area contributed by atoms with Gasteiger partial charge in [-0.1, -0.05) is 19.6 Å². The quantitative estimate of drug-likeness (QED) is 0.533. The van der Waals surface area contributed by atoms with Crippen molar-refractivity contribution in [3.8, 4) is 0 Å². The molecule has 0 aromatic carbocycles. The van der Waals surface area contributed by atoms with Crippen molar-refractivity contribution in [2.75, 3.05) is 12.3 Å². The molecule has 0 fully saturated rings. The van der Waals surface area contributed by atoms with Gasteiger partial charge in [-0.15, -0.1) is 11.8 Å². The topological polar surface area (TPSA) is 12.4 Å². The van der Waals surface area contributed by atoms with E-state index >= 15 is 0 Å². The van der Waals surface area contributed by atoms with Gasteiger partial charge in [0.1, 0.15) is 8.07 Å². The van der Waals surface area contributed by atoms with Crippen molar-refractivity contribution in [3.63, 3.8) is 0 Å². The molecule has 0 spiro atoms. The first-order chi connectivity index (χ1) is 4.11. The summed E-state index contributed by atoms with van der Waals surface area (Å²) >= 11 is 1.96. The first kappa shape index (κ1) is 7.35. The Kier molecular flexibility index (Phi) is 2.01. The van der Waals surface area contributed by atoms with Crippen molar-refractivity contribution in [2.45, 2.75) is 19.6 Å². The Morgan fingerprint density at radius 2 is 2.11 bits per heavy atom. The molecule has 3 heteroatoms. The van der Waals surface area contributed by atoms with Gasteiger partial charge in [0.25, 0.3) is 0 Å². The van der Waals surface area contributed by atoms with Gasteiger partial charge in [-0.2, -0.15) is 0 Å². The van der Waals surface area contributed by atoms with E-state index in [9.17, 15) is 0 Å². The second-order valence-corrected chi connectivity index (χ2v) is 9.70. The van der Waals surface area contributed by atoms with Crippen molar-refractivity contribution in [3.05, 3.63) is 0 Å². The van der Waals surface area contributed by atoms with E-state index in [1.54, 1.807) is 0 Å². The molecule has 1 aliphatic heterocycles. The highest BCUT2D eigenvalue weighted by atomic mass is 32.2. The Labute approximate surface area is 62.0 Å². The minimum absolute atomic E-state index is 1.01. The Morgan fingerprint density at radius 1 is 1.44 bits per heavy atom. The maximum Gasteiger partial charge on any atom is 0.109 e. The fourth-order valence-corrected chi connectivity index (χ4v) is 3.97. The molecule has 0 radical (unpaired) electrons. The summed E-state index contributed by atoms with van der Waals surface area (Å²) < 4.78 is 1.46. The Hall–Kier alpha value is 0.237. The molecule has 0 amide bonds. The lowest BCUT2D eigenvalue weighted by atomic mass is 10.8. The molecule has 1 nitrogen and oxygen atoms in total. The third kappa shape index (κ3) is 1.83. The highest BCUT2D eigenvalue weighted by Crippen LogP contribution is 2.20. The lowest BCUT2D eigenvalue weighted by Crippen LogP contribution is -2.29. The monoisotopic (exact) mass is 159 g/mol. The number of aliphatic imine (C=N–C) groups is 1. The Bertz CT molecular complexity index is 136. The molecule has 0 N–H and O–H groups in total. The predicted molar refractivity (Wildman–Crippen MR) is 48.1 cm³/mol. The van der Waals surface area contributed by atoms with E-state index in [1.165, 1.54) is 10.4 Å². The molecule has 0 saturated heterocycles. The summed E-state index contributed by atoms with van der Waals surface area (Å²) in [6, 6.07) is 0. The van der Waals surface area contributed by atoms with Crippen LogP contribution in [0.2, 0.25) is 19.6 Å². The molecule has 0 aliphatic carbocycles. The van der Waals surface area contributed by atoms with Gasteiger partial charge >= 0.3 is 0 Å². The first-order valence-corrected chi connectivity index (χ1v) is 7.77. The standard InChI is InChI=1S/C6H13NSSi/c1-9(2,3)6-7-4-5-8-6/h4-5H2,1-3H3. The zero-order chi connectivity index (χ0) is 6.91. The van der Waals surface area contributed by atoms with Crippen LogP contribution in [0.3, 0.4) is 0 Å². The largest absolute Gasteiger partial charge is 0.287 e. The molecule has 1 heterocycles. The smallest absolute Gasteiger partial charge is 0.109 e. The summed E-state index contributed by atoms with van der Waals surface area (Å²) in [6.45, 7) is 8.11. The molecule has 1 aliphatic rings. The van der Waals surface area contributed by atoms with Gasteiger partial charge in [-0.05, 0) is 0 Å². The van der Waals surface area contributed by atoms with Gasteiger partial charge in [0.2, 0.25) is 0 Å². The number of thioether (sulfide) groups is 1. The number of hydrogen-bond donors (Lipinski definition) is 0. The highest BCUT2D eigenvalue weighted by Gasteiger charge is 2.23. The van der Waals surface area contributed by atoms with Crippen LogP contribution in [-0.4, -0.2) is 25.0 Å². The van der Waals surface area contributed by atoms with Crippen LogP contribution in [0.1, 0.15) is 0 Å². The van der Waals surface area contributed by atoms with Crippen LogP contribution in [0.25, 0.3) is 0 Å². The van der Waals surface area contributed by atoms with Crippen LogP contribution < -0.4 is 0 Å². The van der Waals surface area contributed by atoms with Crippen molar-refractivity contribution < 1.29 is 0 Å². The maximum atomic E-state index is 4.45. The lowest BCUT2D eigenvalue weighted by Gasteiger charge is -2.13. The van der Waals surface area contributed by atoms with Crippen LogP contribution in [0.4, 0.5) is 0 Å². The van der Waals surface area contributed by atoms with Crippen molar-refractivity contribution in [2.24, 2.45) is 4.99 Å². The van der Waals surface area contributed by atoms with Gasteiger partial charge in [0, 0.05) is 17.0 Å². The van der Waals surface area contributed by atoms with E-state index in [0.717, 1.165) is 6.54 Å². The van der Waals surface area contributed by atoms with Crippen LogP contribution >= 0.6 is 11.8 Å². The summed E-state index contributed by atoms with van der Waals surface area (Å²) in [6.07, 6.45) is 0. The average molecular weight is 159 g/mol. The molecule has 0 unspecified atom stereocenters. The third-order valence-corrected chi connectivity index (χ3v) is 5.73. The molecule has 9 heavy (non-hydrogen) atoms. The summed E-state index contributed by atoms with van der Waals surface area (Å²) in [5.74, 6) is 1.22. The summed E-state index contributed by atoms with van der Waals surface area (Å²) in [4.78, 5) is 4.45. The fraction of sp³-hybridized carbons (Fsp3) is 0.833. The number of nitrogens with zero attached hydrogens (tertiary/aromatic N) is 1. The second-order valence-electron chi connectivity index (χ2n) is 3.29. The number of hydrogen-bond acceptors (Lipinski definition) is 2. The SMILES string of the molecule is C[Si](C)(C)C1=NCCS1. The molecule has 0 atom stereocenters. The van der Waals surface area contributed by atoms with Gasteiger partial charge in [-0.3, -0.25) is 4.99 Å². The number of rotatable bonds is 1. The molecule has 52 valence electrons. The molecule has 0 aromatic rings. The molecular formula is C6H13NSSi. The summed E-state index contributed by atoms with van der Waals surface area (Å²) in [7, 11) is -1.01. The second kappa shape index (κ2) is 2.46. The van der Waals surface area contributed by atoms with Crippen molar-refractivity contribution in [1.29, 1.82) is 0 Å². The lowest BCUT2D eigenvalue weighted by molar-refractivity contribution is 1.18. The van der Waals surface area contributed by atoms with E-state index in [1.807, 2.05) is 11.8 Å². The van der Waals surface area contributed by atoms with Gasteiger partial charge in [0.15, 0.2) is 0 Å². The van der Waals surface area contributed by atoms with Gasteiger partial charge < -0.3 is 0 Å². The fourth-order valence-electron chi connectivity index (χ4n) is 0.789. The molecule has 0 bridgehead atoms. The van der Waals surface area contributed by atoms with Crippen LogP contribution in [-0.2, 0) is 0 Å². The molecule has 0 saturated carbocycles. The minimum atomic E-state index is -1.01. The van der Waals surface area contributed by atoms with Crippen molar-refractivity contribution >= 4 is 24.5 Å². The average Bonchev–Trinajstić information content (AvgIpc) is 2.08. The predicted octanol–water partition coefficient (Wildman–Crippen LogP) is 2.01. The summed E-state index contributed by atoms with van der Waals surface area (Å²) in [5, 5.41) is 0. The van der Waals surface area contributed by atoms with Crippen LogP contribution in [0.15, 0.2) is 4.99 Å². The molecular weight excluding hydrogens is 146 g/mol.